The zero-order valence-corrected chi connectivity index (χ0v) is 10.9. The molecule has 1 N–H and O–H groups in total. The van der Waals surface area contributed by atoms with Gasteiger partial charge in [-0.05, 0) is 30.7 Å². The Morgan fingerprint density at radius 2 is 1.94 bits per heavy atom. The first-order valence-electron chi connectivity index (χ1n) is 6.56. The summed E-state index contributed by atoms with van der Waals surface area (Å²) in [5.41, 5.74) is 0. The van der Waals surface area contributed by atoms with Crippen molar-refractivity contribution in [2.45, 2.75) is 19.4 Å². The van der Waals surface area contributed by atoms with Crippen LogP contribution in [0.4, 0.5) is 0 Å². The highest BCUT2D eigenvalue weighted by Crippen LogP contribution is 2.18. The molecule has 1 aliphatic rings. The first kappa shape index (κ1) is 13.2. The van der Waals surface area contributed by atoms with Gasteiger partial charge in [-0.15, -0.1) is 0 Å². The molecule has 0 amide bonds. The number of ether oxygens (including phenoxy) is 3. The van der Waals surface area contributed by atoms with Crippen LogP contribution >= 0.6 is 0 Å². The summed E-state index contributed by atoms with van der Waals surface area (Å²) in [6, 6.07) is 7.73. The van der Waals surface area contributed by atoms with E-state index in [2.05, 4.69) is 12.2 Å². The Morgan fingerprint density at radius 3 is 2.56 bits per heavy atom. The Morgan fingerprint density at radius 1 is 1.22 bits per heavy atom. The van der Waals surface area contributed by atoms with E-state index in [4.69, 9.17) is 14.2 Å². The summed E-state index contributed by atoms with van der Waals surface area (Å²) >= 11 is 0. The molecule has 0 aliphatic carbocycles. The van der Waals surface area contributed by atoms with E-state index in [1.165, 1.54) is 0 Å². The molecule has 0 saturated carbocycles. The van der Waals surface area contributed by atoms with Crippen LogP contribution in [0.3, 0.4) is 0 Å². The molecule has 1 heterocycles. The van der Waals surface area contributed by atoms with Gasteiger partial charge >= 0.3 is 0 Å². The van der Waals surface area contributed by atoms with Gasteiger partial charge < -0.3 is 19.5 Å². The van der Waals surface area contributed by atoms with Crippen LogP contribution in [-0.4, -0.2) is 39.0 Å². The van der Waals surface area contributed by atoms with Crippen LogP contribution in [0.15, 0.2) is 24.3 Å². The zero-order chi connectivity index (χ0) is 12.6. The lowest BCUT2D eigenvalue weighted by Gasteiger charge is -2.23. The molecular weight excluding hydrogens is 230 g/mol. The average molecular weight is 251 g/mol. The van der Waals surface area contributed by atoms with Gasteiger partial charge in [0.1, 0.15) is 24.2 Å². The van der Waals surface area contributed by atoms with Crippen molar-refractivity contribution in [2.24, 2.45) is 0 Å². The highest BCUT2D eigenvalue weighted by Gasteiger charge is 2.13. The van der Waals surface area contributed by atoms with Crippen molar-refractivity contribution in [1.82, 2.24) is 5.32 Å². The van der Waals surface area contributed by atoms with Crippen molar-refractivity contribution in [3.8, 4) is 11.5 Å². The fourth-order valence-electron chi connectivity index (χ4n) is 1.77. The topological polar surface area (TPSA) is 39.7 Å². The number of hydrogen-bond acceptors (Lipinski definition) is 4. The predicted octanol–water partition coefficient (Wildman–Crippen LogP) is 1.84. The molecule has 0 aromatic heterocycles. The lowest BCUT2D eigenvalue weighted by Crippen LogP contribution is -2.41. The van der Waals surface area contributed by atoms with Crippen molar-refractivity contribution >= 4 is 0 Å². The first-order valence-corrected chi connectivity index (χ1v) is 6.56. The summed E-state index contributed by atoms with van der Waals surface area (Å²) in [6.45, 7) is 5.98. The molecule has 4 nitrogen and oxygen atoms in total. The third-order valence-corrected chi connectivity index (χ3v) is 2.74. The van der Waals surface area contributed by atoms with Crippen LogP contribution in [-0.2, 0) is 4.74 Å². The minimum Gasteiger partial charge on any atom is -0.494 e. The van der Waals surface area contributed by atoms with Gasteiger partial charge in [0.25, 0.3) is 0 Å². The molecule has 1 saturated heterocycles. The number of morpholine rings is 1. The molecule has 1 aromatic rings. The van der Waals surface area contributed by atoms with Crippen LogP contribution in [0.2, 0.25) is 0 Å². The van der Waals surface area contributed by atoms with Crippen LogP contribution in [0.5, 0.6) is 11.5 Å². The zero-order valence-electron chi connectivity index (χ0n) is 10.9. The predicted molar refractivity (Wildman–Crippen MR) is 70.3 cm³/mol. The van der Waals surface area contributed by atoms with Crippen molar-refractivity contribution < 1.29 is 14.2 Å². The van der Waals surface area contributed by atoms with Crippen molar-refractivity contribution in [3.63, 3.8) is 0 Å². The first-order chi connectivity index (χ1) is 8.88. The molecular formula is C14H21NO3. The lowest BCUT2D eigenvalue weighted by molar-refractivity contribution is 0.000187. The number of rotatable bonds is 6. The molecule has 1 unspecified atom stereocenters. The summed E-state index contributed by atoms with van der Waals surface area (Å²) in [5.74, 6) is 1.74. The standard InChI is InChI=1S/C14H21NO3/c1-2-8-16-12-3-5-13(6-4-12)18-11-14-10-15-7-9-17-14/h3-6,14-15H,2,7-11H2,1H3. The van der Waals surface area contributed by atoms with Crippen LogP contribution in [0, 0.1) is 0 Å². The molecule has 18 heavy (non-hydrogen) atoms. The van der Waals surface area contributed by atoms with Crippen molar-refractivity contribution in [3.05, 3.63) is 24.3 Å². The molecule has 100 valence electrons. The van der Waals surface area contributed by atoms with Gasteiger partial charge in [-0.25, -0.2) is 0 Å². The van der Waals surface area contributed by atoms with E-state index in [1.54, 1.807) is 0 Å². The fraction of sp³-hybridized carbons (Fsp3) is 0.571. The Kier molecular flexibility index (Phi) is 5.30. The van der Waals surface area contributed by atoms with Gasteiger partial charge in [-0.1, -0.05) is 6.92 Å². The van der Waals surface area contributed by atoms with Crippen molar-refractivity contribution in [2.75, 3.05) is 32.9 Å². The van der Waals surface area contributed by atoms with Crippen LogP contribution < -0.4 is 14.8 Å². The Bertz CT molecular complexity index is 333. The smallest absolute Gasteiger partial charge is 0.119 e. The van der Waals surface area contributed by atoms with E-state index in [1.807, 2.05) is 24.3 Å². The summed E-state index contributed by atoms with van der Waals surface area (Å²) in [4.78, 5) is 0. The second-order valence-electron chi connectivity index (χ2n) is 4.33. The van der Waals surface area contributed by atoms with E-state index in [-0.39, 0.29) is 6.10 Å². The normalized spacial score (nSPS) is 19.5. The van der Waals surface area contributed by atoms with Gasteiger partial charge in [0.15, 0.2) is 0 Å². The largest absolute Gasteiger partial charge is 0.494 e. The summed E-state index contributed by atoms with van der Waals surface area (Å²) in [5, 5.41) is 3.28. The van der Waals surface area contributed by atoms with Crippen molar-refractivity contribution in [1.29, 1.82) is 0 Å². The van der Waals surface area contributed by atoms with E-state index >= 15 is 0 Å². The molecule has 1 aliphatic heterocycles. The third-order valence-electron chi connectivity index (χ3n) is 2.74. The van der Waals surface area contributed by atoms with Gasteiger partial charge in [-0.3, -0.25) is 0 Å². The van der Waals surface area contributed by atoms with Gasteiger partial charge in [0, 0.05) is 13.1 Å². The molecule has 1 fully saturated rings. The highest BCUT2D eigenvalue weighted by molar-refractivity contribution is 5.31. The minimum atomic E-state index is 0.148. The molecule has 1 atom stereocenters. The maximum Gasteiger partial charge on any atom is 0.119 e. The quantitative estimate of drug-likeness (QED) is 0.837. The number of nitrogens with one attached hydrogen (secondary N) is 1. The minimum absolute atomic E-state index is 0.148. The SMILES string of the molecule is CCCOc1ccc(OCC2CNCCO2)cc1. The highest BCUT2D eigenvalue weighted by atomic mass is 16.5. The second-order valence-corrected chi connectivity index (χ2v) is 4.33. The third kappa shape index (κ3) is 4.20. The maximum atomic E-state index is 5.68. The molecule has 0 spiro atoms. The Hall–Kier alpha value is -1.26. The Labute approximate surface area is 108 Å². The second kappa shape index (κ2) is 7.24. The average Bonchev–Trinajstić information content (AvgIpc) is 2.45. The van der Waals surface area contributed by atoms with E-state index in [0.717, 1.165) is 44.2 Å². The molecule has 0 bridgehead atoms. The number of benzene rings is 1. The summed E-state index contributed by atoms with van der Waals surface area (Å²) in [7, 11) is 0. The van der Waals surface area contributed by atoms with Gasteiger partial charge in [0.2, 0.25) is 0 Å². The van der Waals surface area contributed by atoms with Crippen LogP contribution in [0.1, 0.15) is 13.3 Å². The number of hydrogen-bond donors (Lipinski definition) is 1. The van der Waals surface area contributed by atoms with E-state index in [9.17, 15) is 0 Å². The van der Waals surface area contributed by atoms with Gasteiger partial charge in [-0.2, -0.15) is 0 Å². The molecule has 2 rings (SSSR count). The molecule has 4 heteroatoms. The lowest BCUT2D eigenvalue weighted by atomic mass is 10.3. The Balaban J connectivity index is 1.75. The summed E-state index contributed by atoms with van der Waals surface area (Å²) in [6.07, 6.45) is 1.17. The molecule has 1 aromatic carbocycles. The summed E-state index contributed by atoms with van der Waals surface area (Å²) < 4.78 is 16.8. The van der Waals surface area contributed by atoms with E-state index < -0.39 is 0 Å². The molecule has 0 radical (unpaired) electrons. The van der Waals surface area contributed by atoms with Gasteiger partial charge in [0.05, 0.1) is 13.2 Å². The maximum absolute atomic E-state index is 5.68. The van der Waals surface area contributed by atoms with E-state index in [0.29, 0.717) is 6.61 Å². The monoisotopic (exact) mass is 251 g/mol. The fourth-order valence-corrected chi connectivity index (χ4v) is 1.77. The van der Waals surface area contributed by atoms with Crippen LogP contribution in [0.25, 0.3) is 0 Å².